The summed E-state index contributed by atoms with van der Waals surface area (Å²) in [6, 6.07) is 15.4. The molecule has 2 N–H and O–H groups in total. The van der Waals surface area contributed by atoms with Gasteiger partial charge in [0.15, 0.2) is 0 Å². The third-order valence-electron chi connectivity index (χ3n) is 3.91. The summed E-state index contributed by atoms with van der Waals surface area (Å²) in [6.07, 6.45) is 1.37. The average molecular weight is 297 g/mol. The van der Waals surface area contributed by atoms with Crippen LogP contribution < -0.4 is 5.32 Å². The Morgan fingerprint density at radius 3 is 2.82 bits per heavy atom. The second kappa shape index (κ2) is 6.62. The number of carbonyl (C=O) groups excluding carboxylic acids is 1. The molecule has 1 atom stereocenters. The molecule has 2 aromatic rings. The molecule has 0 spiro atoms. The maximum atomic E-state index is 12.0. The summed E-state index contributed by atoms with van der Waals surface area (Å²) >= 11 is 0. The highest BCUT2D eigenvalue weighted by Crippen LogP contribution is 2.28. The third-order valence-corrected chi connectivity index (χ3v) is 3.91. The fraction of sp³-hybridized carbons (Fsp3) is 0.278. The number of aliphatic hydroxyl groups excluding tert-OH is 1. The molecule has 0 aromatic heterocycles. The van der Waals surface area contributed by atoms with Gasteiger partial charge in [0.05, 0.1) is 6.10 Å². The summed E-state index contributed by atoms with van der Waals surface area (Å²) in [6.45, 7) is 0.240. The van der Waals surface area contributed by atoms with E-state index in [-0.39, 0.29) is 12.7 Å². The topological polar surface area (TPSA) is 58.6 Å². The Labute approximate surface area is 129 Å². The Hall–Kier alpha value is -2.33. The number of hydrogen-bond donors (Lipinski definition) is 2. The van der Waals surface area contributed by atoms with Crippen molar-refractivity contribution in [2.45, 2.75) is 32.0 Å². The van der Waals surface area contributed by atoms with Gasteiger partial charge in [0.2, 0.25) is 0 Å². The molecule has 1 amide bonds. The highest BCUT2D eigenvalue weighted by molar-refractivity contribution is 5.86. The first-order valence-electron chi connectivity index (χ1n) is 7.49. The highest BCUT2D eigenvalue weighted by atomic mass is 16.5. The van der Waals surface area contributed by atoms with Crippen LogP contribution in [0.25, 0.3) is 0 Å². The van der Waals surface area contributed by atoms with Crippen LogP contribution in [-0.4, -0.2) is 17.3 Å². The van der Waals surface area contributed by atoms with Crippen LogP contribution in [-0.2, 0) is 24.2 Å². The van der Waals surface area contributed by atoms with Crippen molar-refractivity contribution < 1.29 is 14.6 Å². The van der Waals surface area contributed by atoms with Crippen molar-refractivity contribution in [3.63, 3.8) is 0 Å². The molecule has 1 aliphatic rings. The Balaban J connectivity index is 1.64. The van der Waals surface area contributed by atoms with Gasteiger partial charge in [0.1, 0.15) is 6.61 Å². The van der Waals surface area contributed by atoms with E-state index in [0.717, 1.165) is 29.7 Å². The molecule has 0 aliphatic heterocycles. The summed E-state index contributed by atoms with van der Waals surface area (Å²) < 4.78 is 5.24. The van der Waals surface area contributed by atoms with E-state index in [1.807, 2.05) is 48.5 Å². The first kappa shape index (κ1) is 14.6. The van der Waals surface area contributed by atoms with E-state index < -0.39 is 6.09 Å². The molecular formula is C18H19NO3. The molecule has 0 saturated carbocycles. The van der Waals surface area contributed by atoms with E-state index in [9.17, 15) is 9.90 Å². The molecule has 0 heterocycles. The SMILES string of the molecule is O=C(Nc1cccc2c1C[C@@H](O)CC2)OCc1ccccc1. The van der Waals surface area contributed by atoms with E-state index in [2.05, 4.69) is 5.32 Å². The quantitative estimate of drug-likeness (QED) is 0.914. The first-order chi connectivity index (χ1) is 10.7. The molecule has 0 saturated heterocycles. The van der Waals surface area contributed by atoms with E-state index in [1.54, 1.807) is 0 Å². The summed E-state index contributed by atoms with van der Waals surface area (Å²) in [5, 5.41) is 12.6. The minimum absolute atomic E-state index is 0.240. The van der Waals surface area contributed by atoms with Gasteiger partial charge in [-0.25, -0.2) is 4.79 Å². The minimum Gasteiger partial charge on any atom is -0.444 e. The predicted molar refractivity (Wildman–Crippen MR) is 84.7 cm³/mol. The Bertz CT molecular complexity index is 655. The fourth-order valence-electron chi connectivity index (χ4n) is 2.76. The van der Waals surface area contributed by atoms with E-state index in [1.165, 1.54) is 5.56 Å². The number of amides is 1. The molecule has 3 rings (SSSR count). The number of fused-ring (bicyclic) bond motifs is 1. The third kappa shape index (κ3) is 3.46. The molecular weight excluding hydrogens is 278 g/mol. The molecule has 2 aromatic carbocycles. The average Bonchev–Trinajstić information content (AvgIpc) is 2.54. The van der Waals surface area contributed by atoms with Crippen LogP contribution in [0.5, 0.6) is 0 Å². The second-order valence-corrected chi connectivity index (χ2v) is 5.53. The number of hydrogen-bond acceptors (Lipinski definition) is 3. The first-order valence-corrected chi connectivity index (χ1v) is 7.49. The van der Waals surface area contributed by atoms with Gasteiger partial charge in [0.25, 0.3) is 0 Å². The maximum absolute atomic E-state index is 12.0. The number of aliphatic hydroxyl groups is 1. The lowest BCUT2D eigenvalue weighted by atomic mass is 9.88. The molecule has 0 bridgehead atoms. The van der Waals surface area contributed by atoms with Gasteiger partial charge in [-0.2, -0.15) is 0 Å². The van der Waals surface area contributed by atoms with Crippen molar-refractivity contribution in [3.05, 3.63) is 65.2 Å². The monoisotopic (exact) mass is 297 g/mol. The highest BCUT2D eigenvalue weighted by Gasteiger charge is 2.20. The van der Waals surface area contributed by atoms with Gasteiger partial charge in [-0.05, 0) is 35.6 Å². The van der Waals surface area contributed by atoms with Gasteiger partial charge in [-0.3, -0.25) is 5.32 Å². The summed E-state index contributed by atoms with van der Waals surface area (Å²) in [5.74, 6) is 0. The molecule has 114 valence electrons. The number of aryl methyl sites for hydroxylation is 1. The number of rotatable bonds is 3. The van der Waals surface area contributed by atoms with Crippen LogP contribution >= 0.6 is 0 Å². The van der Waals surface area contributed by atoms with Crippen molar-refractivity contribution in [2.75, 3.05) is 5.32 Å². The van der Waals surface area contributed by atoms with Gasteiger partial charge >= 0.3 is 6.09 Å². The minimum atomic E-state index is -0.475. The molecule has 0 radical (unpaired) electrons. The Kier molecular flexibility index (Phi) is 4.39. The lowest BCUT2D eigenvalue weighted by Gasteiger charge is -2.23. The van der Waals surface area contributed by atoms with Crippen LogP contribution in [0.2, 0.25) is 0 Å². The molecule has 0 unspecified atom stereocenters. The summed E-state index contributed by atoms with van der Waals surface area (Å²) in [7, 11) is 0. The molecule has 1 aliphatic carbocycles. The molecule has 22 heavy (non-hydrogen) atoms. The molecule has 4 heteroatoms. The van der Waals surface area contributed by atoms with Gasteiger partial charge < -0.3 is 9.84 Å². The lowest BCUT2D eigenvalue weighted by Crippen LogP contribution is -2.22. The number of carbonyl (C=O) groups is 1. The van der Waals surface area contributed by atoms with E-state index >= 15 is 0 Å². The van der Waals surface area contributed by atoms with Crippen LogP contribution in [0.4, 0.5) is 10.5 Å². The van der Waals surface area contributed by atoms with Gasteiger partial charge in [-0.15, -0.1) is 0 Å². The van der Waals surface area contributed by atoms with Crippen molar-refractivity contribution in [1.82, 2.24) is 0 Å². The fourth-order valence-corrected chi connectivity index (χ4v) is 2.76. The van der Waals surface area contributed by atoms with Crippen molar-refractivity contribution >= 4 is 11.8 Å². The predicted octanol–water partition coefficient (Wildman–Crippen LogP) is 3.28. The Morgan fingerprint density at radius 2 is 2.00 bits per heavy atom. The van der Waals surface area contributed by atoms with E-state index in [4.69, 9.17) is 4.74 Å². The number of benzene rings is 2. The van der Waals surface area contributed by atoms with Crippen molar-refractivity contribution in [2.24, 2.45) is 0 Å². The smallest absolute Gasteiger partial charge is 0.411 e. The summed E-state index contributed by atoms with van der Waals surface area (Å²) in [4.78, 5) is 12.0. The standard InChI is InChI=1S/C18H19NO3/c20-15-10-9-14-7-4-8-17(16(14)11-15)19-18(21)22-12-13-5-2-1-3-6-13/h1-8,15,20H,9-12H2,(H,19,21)/t15-/m0/s1. The van der Waals surface area contributed by atoms with Crippen LogP contribution in [0.15, 0.2) is 48.5 Å². The van der Waals surface area contributed by atoms with Crippen LogP contribution in [0.3, 0.4) is 0 Å². The van der Waals surface area contributed by atoms with Crippen molar-refractivity contribution in [1.29, 1.82) is 0 Å². The van der Waals surface area contributed by atoms with E-state index in [0.29, 0.717) is 6.42 Å². The molecule has 0 fully saturated rings. The Morgan fingerprint density at radius 1 is 1.18 bits per heavy atom. The number of anilines is 1. The number of nitrogens with one attached hydrogen (secondary N) is 1. The maximum Gasteiger partial charge on any atom is 0.411 e. The van der Waals surface area contributed by atoms with Gasteiger partial charge in [0, 0.05) is 12.1 Å². The zero-order valence-corrected chi connectivity index (χ0v) is 12.3. The second-order valence-electron chi connectivity index (χ2n) is 5.53. The zero-order valence-electron chi connectivity index (χ0n) is 12.3. The lowest BCUT2D eigenvalue weighted by molar-refractivity contribution is 0.153. The zero-order chi connectivity index (χ0) is 15.4. The summed E-state index contributed by atoms with van der Waals surface area (Å²) in [5.41, 5.74) is 3.88. The van der Waals surface area contributed by atoms with Crippen molar-refractivity contribution in [3.8, 4) is 0 Å². The van der Waals surface area contributed by atoms with Crippen LogP contribution in [0.1, 0.15) is 23.1 Å². The van der Waals surface area contributed by atoms with Gasteiger partial charge in [-0.1, -0.05) is 42.5 Å². The normalized spacial score (nSPS) is 16.7. The van der Waals surface area contributed by atoms with Crippen LogP contribution in [0, 0.1) is 0 Å². The molecule has 4 nitrogen and oxygen atoms in total. The number of ether oxygens (including phenoxy) is 1. The largest absolute Gasteiger partial charge is 0.444 e.